The Bertz CT molecular complexity index is 5310. The first-order chi connectivity index (χ1) is 50.1. The number of ether oxygens (including phenoxy) is 4. The van der Waals surface area contributed by atoms with Crippen molar-refractivity contribution in [3.05, 3.63) is 252 Å². The van der Waals surface area contributed by atoms with Crippen molar-refractivity contribution in [2.24, 2.45) is 0 Å². The molecule has 3 N–H and O–H groups in total. The standard InChI is InChI=1S/C28H27N3O3S.C28H29N3O3S.C27H25N3O3/c1-2-16-31-27-17-23(34-19-20-6-4-3-5-7-20)12-15-25(27)26(18-29)28(31)21-8-10-22(11-9-21)30-35(32,33)24-13-14-24;1-3-16-31-27-18-24(34-20-21-8-6-5-7-9-21)14-15-25(27)26(19-29)28(31)22-10-12-23(13-11-22)30-35(32,33)17-4-2;1-3-30-25-15-14-22(33-18-19-8-6-5-7-9-19)16-23(25)24(17-28)26(30)20-10-12-21(13-11-20)29-27(31)32-4-2/h3-12,15,17,24,30H,2,13-14,16,19H2,1H3;5-15,18,30H,3-4,16-17,20H2,1-2H3;5-16H,3-4,18H2,1-2H3,(H,29,31). The normalized spacial score (nSPS) is 11.8. The first-order valence-electron chi connectivity index (χ1n) is 34.6. The van der Waals surface area contributed by atoms with Crippen molar-refractivity contribution in [2.75, 3.05) is 27.1 Å². The molecule has 1 amide bonds. The molecule has 1 aliphatic carbocycles. The topological polar surface area (TPSA) is 245 Å². The number of carbonyl (C=O) groups is 1. The second-order valence-corrected chi connectivity index (χ2v) is 28.6. The van der Waals surface area contributed by atoms with Gasteiger partial charge in [0.1, 0.15) is 55.3 Å². The molecule has 0 unspecified atom stereocenters. The predicted octanol–water partition coefficient (Wildman–Crippen LogP) is 18.7. The molecule has 0 radical (unpaired) electrons. The summed E-state index contributed by atoms with van der Waals surface area (Å²) in [7, 11) is -6.68. The third-order valence-corrected chi connectivity index (χ3v) is 20.7. The number of sulfonamides is 2. The summed E-state index contributed by atoms with van der Waals surface area (Å²) in [6, 6.07) is 76.6. The number of nitrogens with one attached hydrogen (secondary N) is 3. The number of anilines is 3. The second-order valence-electron chi connectivity index (χ2n) is 24.8. The maximum atomic E-state index is 12.3. The van der Waals surface area contributed by atoms with Gasteiger partial charge in [-0.3, -0.25) is 14.8 Å². The Kier molecular flexibility index (Phi) is 23.6. The van der Waals surface area contributed by atoms with Gasteiger partial charge in [0.25, 0.3) is 0 Å². The van der Waals surface area contributed by atoms with Crippen LogP contribution < -0.4 is 29.0 Å². The van der Waals surface area contributed by atoms with Gasteiger partial charge in [0.05, 0.1) is 67.9 Å². The number of benzene rings is 9. The summed E-state index contributed by atoms with van der Waals surface area (Å²) in [6.07, 6.45) is 3.28. The van der Waals surface area contributed by atoms with Crippen LogP contribution in [0.25, 0.3) is 66.5 Å². The number of rotatable bonds is 26. The van der Waals surface area contributed by atoms with Gasteiger partial charge in [-0.2, -0.15) is 15.8 Å². The number of hydrogen-bond donors (Lipinski definition) is 3. The zero-order chi connectivity index (χ0) is 72.5. The van der Waals surface area contributed by atoms with Crippen LogP contribution in [0.1, 0.15) is 100 Å². The van der Waals surface area contributed by atoms with E-state index in [9.17, 15) is 37.4 Å². The van der Waals surface area contributed by atoms with E-state index in [0.29, 0.717) is 86.0 Å². The molecule has 0 aliphatic heterocycles. The van der Waals surface area contributed by atoms with E-state index in [2.05, 4.69) is 67.4 Å². The van der Waals surface area contributed by atoms with E-state index in [4.69, 9.17) is 18.9 Å². The first kappa shape index (κ1) is 72.5. The van der Waals surface area contributed by atoms with Gasteiger partial charge in [-0.1, -0.05) is 148 Å². The third kappa shape index (κ3) is 17.5. The molecule has 0 bridgehead atoms. The maximum absolute atomic E-state index is 12.3. The number of aryl methyl sites for hydroxylation is 3. The molecule has 3 aromatic heterocycles. The molecule has 3 heterocycles. The highest BCUT2D eigenvalue weighted by Gasteiger charge is 2.36. The molecular formula is C83H81N9O9S2. The number of nitrogens with zero attached hydrogens (tertiary/aromatic N) is 6. The number of carbonyl (C=O) groups excluding carboxylic acids is 1. The molecule has 13 rings (SSSR count). The molecule has 0 saturated heterocycles. The van der Waals surface area contributed by atoms with Crippen molar-refractivity contribution in [3.8, 4) is 69.2 Å². The average Bonchev–Trinajstić information content (AvgIpc) is 1.62. The van der Waals surface area contributed by atoms with Crippen molar-refractivity contribution in [2.45, 2.75) is 111 Å². The fourth-order valence-electron chi connectivity index (χ4n) is 12.5. The SMILES string of the molecule is CCCn1c(-c2ccc(NS(=O)(=O)C3CC3)cc2)c(C#N)c2ccc(OCc3ccccc3)cc21.CCCn1c(-c2ccc(NS(=O)(=O)CCC)cc2)c(C#N)c2ccc(OCc3ccccc3)cc21.CCOC(=O)Nc1ccc(-c2c(C#N)c3cc(OCc4ccccc4)ccc3n2CC)cc1. The highest BCUT2D eigenvalue weighted by molar-refractivity contribution is 7.93. The lowest BCUT2D eigenvalue weighted by Gasteiger charge is -2.12. The summed E-state index contributed by atoms with van der Waals surface area (Å²) >= 11 is 0. The summed E-state index contributed by atoms with van der Waals surface area (Å²) in [5, 5.41) is 35.2. The molecule has 0 atom stereocenters. The Balaban J connectivity index is 0.000000155. The first-order valence-corrected chi connectivity index (χ1v) is 37.8. The highest BCUT2D eigenvalue weighted by Crippen LogP contribution is 2.40. The fraction of sp³-hybridized carbons (Fsp3) is 0.229. The molecule has 1 aliphatic rings. The van der Waals surface area contributed by atoms with E-state index in [1.165, 1.54) is 0 Å². The van der Waals surface area contributed by atoms with Crippen LogP contribution in [0.4, 0.5) is 21.9 Å². The van der Waals surface area contributed by atoms with Gasteiger partial charge in [-0.05, 0) is 158 Å². The molecule has 12 aromatic rings. The van der Waals surface area contributed by atoms with Crippen LogP contribution in [-0.2, 0) is 64.2 Å². The number of aromatic nitrogens is 3. The summed E-state index contributed by atoms with van der Waals surface area (Å²) in [5.74, 6) is 2.29. The van der Waals surface area contributed by atoms with E-state index in [-0.39, 0.29) is 11.0 Å². The lowest BCUT2D eigenvalue weighted by molar-refractivity contribution is 0.168. The Morgan fingerprint density at radius 3 is 1.24 bits per heavy atom. The van der Waals surface area contributed by atoms with Crippen molar-refractivity contribution in [1.82, 2.24) is 13.7 Å². The molecule has 1 saturated carbocycles. The monoisotopic (exact) mass is 1410 g/mol. The van der Waals surface area contributed by atoms with Crippen LogP contribution in [0.5, 0.6) is 17.2 Å². The van der Waals surface area contributed by atoms with Crippen LogP contribution >= 0.6 is 0 Å². The minimum absolute atomic E-state index is 0.0761. The van der Waals surface area contributed by atoms with Crippen LogP contribution in [0.3, 0.4) is 0 Å². The zero-order valence-corrected chi connectivity index (χ0v) is 59.9. The molecule has 9 aromatic carbocycles. The summed E-state index contributed by atoms with van der Waals surface area (Å²) in [4.78, 5) is 11.7. The Hall–Kier alpha value is -11.8. The van der Waals surface area contributed by atoms with E-state index < -0.39 is 26.1 Å². The Morgan fingerprint density at radius 1 is 0.447 bits per heavy atom. The van der Waals surface area contributed by atoms with Gasteiger partial charge in [0.15, 0.2) is 0 Å². The summed E-state index contributed by atoms with van der Waals surface area (Å²) < 4.78 is 83.5. The lowest BCUT2D eigenvalue weighted by Crippen LogP contribution is -2.17. The van der Waals surface area contributed by atoms with E-state index in [1.807, 2.05) is 189 Å². The van der Waals surface area contributed by atoms with Gasteiger partial charge in [-0.25, -0.2) is 21.6 Å². The minimum Gasteiger partial charge on any atom is -0.489 e. The molecular weight excluding hydrogens is 1330 g/mol. The summed E-state index contributed by atoms with van der Waals surface area (Å²) in [5.41, 5.74) is 14.7. The second kappa shape index (κ2) is 33.6. The molecule has 0 spiro atoms. The predicted molar refractivity (Wildman–Crippen MR) is 409 cm³/mol. The highest BCUT2D eigenvalue weighted by atomic mass is 32.2. The molecule has 18 nitrogen and oxygen atoms in total. The minimum atomic E-state index is -3.36. The van der Waals surface area contributed by atoms with Gasteiger partial charge in [0.2, 0.25) is 20.0 Å². The average molecular weight is 1410 g/mol. The van der Waals surface area contributed by atoms with Gasteiger partial charge >= 0.3 is 6.09 Å². The number of amides is 1. The van der Waals surface area contributed by atoms with E-state index >= 15 is 0 Å². The number of hydrogen-bond acceptors (Lipinski definition) is 12. The number of nitriles is 3. The van der Waals surface area contributed by atoms with Crippen molar-refractivity contribution < 1.29 is 40.6 Å². The molecule has 20 heteroatoms. The molecule has 1 fully saturated rings. The molecule has 103 heavy (non-hydrogen) atoms. The van der Waals surface area contributed by atoms with Gasteiger partial charge in [-0.15, -0.1) is 0 Å². The third-order valence-electron chi connectivity index (χ3n) is 17.4. The largest absolute Gasteiger partial charge is 0.489 e. The Labute approximate surface area is 602 Å². The number of fused-ring (bicyclic) bond motifs is 3. The van der Waals surface area contributed by atoms with Crippen molar-refractivity contribution in [1.29, 1.82) is 15.8 Å². The van der Waals surface area contributed by atoms with Crippen LogP contribution in [-0.4, -0.2) is 54.2 Å². The van der Waals surface area contributed by atoms with Crippen molar-refractivity contribution in [3.63, 3.8) is 0 Å². The van der Waals surface area contributed by atoms with Crippen LogP contribution in [0, 0.1) is 34.0 Å². The van der Waals surface area contributed by atoms with Crippen LogP contribution in [0.15, 0.2) is 218 Å². The lowest BCUT2D eigenvalue weighted by atomic mass is 10.1. The zero-order valence-electron chi connectivity index (χ0n) is 58.2. The smallest absolute Gasteiger partial charge is 0.411 e. The van der Waals surface area contributed by atoms with Gasteiger partial charge in [0, 0.05) is 65.0 Å². The van der Waals surface area contributed by atoms with Crippen LogP contribution in [0.2, 0.25) is 0 Å². The molecule has 524 valence electrons. The van der Waals surface area contributed by atoms with Crippen molar-refractivity contribution >= 4 is 75.9 Å². The van der Waals surface area contributed by atoms with E-state index in [1.54, 1.807) is 43.3 Å². The van der Waals surface area contributed by atoms with Gasteiger partial charge < -0.3 is 32.6 Å². The Morgan fingerprint density at radius 2 is 0.845 bits per heavy atom. The van der Waals surface area contributed by atoms with E-state index in [0.717, 1.165) is 126 Å². The quantitative estimate of drug-likeness (QED) is 0.0458. The maximum Gasteiger partial charge on any atom is 0.411 e. The fourth-order valence-corrected chi connectivity index (χ4v) is 15.0. The summed E-state index contributed by atoms with van der Waals surface area (Å²) in [6.45, 7) is 13.7.